The largest absolute Gasteiger partial charge is 0.352 e. The van der Waals surface area contributed by atoms with Gasteiger partial charge < -0.3 is 9.88 Å². The first-order valence-electron chi connectivity index (χ1n) is 6.23. The van der Waals surface area contributed by atoms with Crippen molar-refractivity contribution in [1.29, 1.82) is 0 Å². The van der Waals surface area contributed by atoms with Crippen molar-refractivity contribution in [2.45, 2.75) is 19.4 Å². The molecule has 2 aromatic rings. The monoisotopic (exact) mass is 312 g/mol. The second-order valence-corrected chi connectivity index (χ2v) is 4.98. The number of unbranched alkanes of at least 4 members (excludes halogenated alkanes) is 1. The van der Waals surface area contributed by atoms with Crippen LogP contribution in [-0.4, -0.2) is 27.0 Å². The van der Waals surface area contributed by atoms with Gasteiger partial charge in [0.05, 0.1) is 11.9 Å². The number of aromatic nitrogens is 3. The normalized spacial score (nSPS) is 10.5. The van der Waals surface area contributed by atoms with E-state index in [9.17, 15) is 4.79 Å². The Kier molecular flexibility index (Phi) is 5.38. The Labute approximate surface area is 126 Å². The maximum Gasteiger partial charge on any atom is 0.254 e. The fourth-order valence-corrected chi connectivity index (χ4v) is 2.15. The molecule has 0 aliphatic carbocycles. The molecular weight excluding hydrogens is 299 g/mol. The highest BCUT2D eigenvalue weighted by Gasteiger charge is 2.10. The van der Waals surface area contributed by atoms with Crippen LogP contribution in [0.3, 0.4) is 0 Å². The molecule has 1 amide bonds. The van der Waals surface area contributed by atoms with E-state index >= 15 is 0 Å². The number of pyridine rings is 1. The summed E-state index contributed by atoms with van der Waals surface area (Å²) in [5.74, 6) is -0.234. The zero-order chi connectivity index (χ0) is 14.4. The summed E-state index contributed by atoms with van der Waals surface area (Å²) in [7, 11) is 0. The number of carbonyl (C=O) groups excluding carboxylic acids is 1. The van der Waals surface area contributed by atoms with Gasteiger partial charge in [0.2, 0.25) is 0 Å². The number of imidazole rings is 1. The second kappa shape index (κ2) is 7.26. The predicted octanol–water partition coefficient (Wildman–Crippen LogP) is 2.80. The van der Waals surface area contributed by atoms with Gasteiger partial charge in [0, 0.05) is 25.5 Å². The molecule has 2 heterocycles. The predicted molar refractivity (Wildman–Crippen MR) is 78.1 cm³/mol. The van der Waals surface area contributed by atoms with Gasteiger partial charge in [0.15, 0.2) is 0 Å². The number of rotatable bonds is 6. The van der Waals surface area contributed by atoms with Crippen molar-refractivity contribution in [3.8, 4) is 0 Å². The molecule has 0 bridgehead atoms. The molecule has 0 saturated heterocycles. The maximum atomic E-state index is 11.9. The first-order valence-corrected chi connectivity index (χ1v) is 6.98. The van der Waals surface area contributed by atoms with Gasteiger partial charge in [-0.1, -0.05) is 23.2 Å². The molecule has 7 heteroatoms. The zero-order valence-electron chi connectivity index (χ0n) is 10.7. The Morgan fingerprint density at radius 3 is 2.85 bits per heavy atom. The summed E-state index contributed by atoms with van der Waals surface area (Å²) in [5.41, 5.74) is 0.339. The van der Waals surface area contributed by atoms with Gasteiger partial charge >= 0.3 is 0 Å². The highest BCUT2D eigenvalue weighted by Crippen LogP contribution is 2.16. The van der Waals surface area contributed by atoms with Crippen molar-refractivity contribution < 1.29 is 4.79 Å². The van der Waals surface area contributed by atoms with Crippen molar-refractivity contribution in [2.24, 2.45) is 0 Å². The van der Waals surface area contributed by atoms with Crippen molar-refractivity contribution >= 4 is 29.1 Å². The van der Waals surface area contributed by atoms with E-state index in [2.05, 4.69) is 15.3 Å². The van der Waals surface area contributed by atoms with E-state index in [1.165, 1.54) is 0 Å². The number of aryl methyl sites for hydroxylation is 1. The lowest BCUT2D eigenvalue weighted by Gasteiger charge is -2.06. The number of nitrogens with one attached hydrogen (secondary N) is 1. The van der Waals surface area contributed by atoms with E-state index in [-0.39, 0.29) is 16.2 Å². The van der Waals surface area contributed by atoms with Gasteiger partial charge in [-0.05, 0) is 25.0 Å². The molecule has 2 aromatic heterocycles. The summed E-state index contributed by atoms with van der Waals surface area (Å²) in [6.45, 7) is 1.48. The molecule has 0 radical (unpaired) electrons. The first-order chi connectivity index (χ1) is 9.66. The number of carbonyl (C=O) groups is 1. The zero-order valence-corrected chi connectivity index (χ0v) is 12.2. The topological polar surface area (TPSA) is 59.8 Å². The molecule has 0 fully saturated rings. The summed E-state index contributed by atoms with van der Waals surface area (Å²) < 4.78 is 2.00. The van der Waals surface area contributed by atoms with Crippen LogP contribution in [0.1, 0.15) is 23.2 Å². The van der Waals surface area contributed by atoms with Gasteiger partial charge in [-0.25, -0.2) is 9.97 Å². The van der Waals surface area contributed by atoms with Crippen LogP contribution in [0.15, 0.2) is 30.9 Å². The molecule has 0 atom stereocenters. The molecule has 1 N–H and O–H groups in total. The highest BCUT2D eigenvalue weighted by molar-refractivity contribution is 6.34. The highest BCUT2D eigenvalue weighted by atomic mass is 35.5. The van der Waals surface area contributed by atoms with E-state index in [0.29, 0.717) is 12.1 Å². The minimum atomic E-state index is -0.234. The first kappa shape index (κ1) is 14.8. The van der Waals surface area contributed by atoms with Crippen LogP contribution in [0.5, 0.6) is 0 Å². The summed E-state index contributed by atoms with van der Waals surface area (Å²) >= 11 is 11.5. The molecule has 0 unspecified atom stereocenters. The molecular formula is C13H14Cl2N4O. The Balaban J connectivity index is 1.72. The van der Waals surface area contributed by atoms with Crippen LogP contribution >= 0.6 is 23.2 Å². The average molecular weight is 313 g/mol. The Morgan fingerprint density at radius 2 is 2.15 bits per heavy atom. The van der Waals surface area contributed by atoms with Gasteiger partial charge in [-0.15, -0.1) is 0 Å². The average Bonchev–Trinajstić information content (AvgIpc) is 2.91. The number of nitrogens with zero attached hydrogens (tertiary/aromatic N) is 3. The van der Waals surface area contributed by atoms with E-state index in [4.69, 9.17) is 23.2 Å². The third kappa shape index (κ3) is 4.21. The second-order valence-electron chi connectivity index (χ2n) is 4.24. The standard InChI is InChI=1S/C13H14Cl2N4O/c14-11-4-3-10(12(15)18-11)13(20)17-5-1-2-7-19-8-6-16-9-19/h3-4,6,8-9H,1-2,5,7H2,(H,17,20). The lowest BCUT2D eigenvalue weighted by molar-refractivity contribution is 0.0952. The van der Waals surface area contributed by atoms with Crippen LogP contribution in [0.25, 0.3) is 0 Å². The van der Waals surface area contributed by atoms with Gasteiger partial charge in [-0.2, -0.15) is 0 Å². The summed E-state index contributed by atoms with van der Waals surface area (Å²) in [6, 6.07) is 3.11. The van der Waals surface area contributed by atoms with Crippen LogP contribution in [0.2, 0.25) is 10.3 Å². The van der Waals surface area contributed by atoms with E-state index in [0.717, 1.165) is 19.4 Å². The lowest BCUT2D eigenvalue weighted by Crippen LogP contribution is -2.25. The summed E-state index contributed by atoms with van der Waals surface area (Å²) in [6.07, 6.45) is 7.28. The van der Waals surface area contributed by atoms with Gasteiger partial charge in [0.1, 0.15) is 10.3 Å². The quantitative estimate of drug-likeness (QED) is 0.659. The molecule has 20 heavy (non-hydrogen) atoms. The Bertz CT molecular complexity index is 572. The lowest BCUT2D eigenvalue weighted by atomic mass is 10.2. The molecule has 0 spiro atoms. The fourth-order valence-electron chi connectivity index (χ4n) is 1.72. The maximum absolute atomic E-state index is 11.9. The van der Waals surface area contributed by atoms with Crippen molar-refractivity contribution in [2.75, 3.05) is 6.54 Å². The molecule has 0 aliphatic heterocycles. The van der Waals surface area contributed by atoms with Crippen molar-refractivity contribution in [3.05, 3.63) is 46.7 Å². The summed E-state index contributed by atoms with van der Waals surface area (Å²) in [4.78, 5) is 19.7. The Morgan fingerprint density at radius 1 is 1.30 bits per heavy atom. The molecule has 2 rings (SSSR count). The molecule has 0 aliphatic rings. The minimum absolute atomic E-state index is 0.119. The van der Waals surface area contributed by atoms with E-state index in [1.54, 1.807) is 24.7 Å². The molecule has 5 nitrogen and oxygen atoms in total. The van der Waals surface area contributed by atoms with Crippen LogP contribution in [0.4, 0.5) is 0 Å². The molecule has 106 valence electrons. The molecule has 0 aromatic carbocycles. The molecule has 0 saturated carbocycles. The third-order valence-electron chi connectivity index (χ3n) is 2.75. The number of hydrogen-bond acceptors (Lipinski definition) is 3. The van der Waals surface area contributed by atoms with Crippen LogP contribution in [-0.2, 0) is 6.54 Å². The van der Waals surface area contributed by atoms with E-state index < -0.39 is 0 Å². The number of amides is 1. The summed E-state index contributed by atoms with van der Waals surface area (Å²) in [5, 5.41) is 3.20. The van der Waals surface area contributed by atoms with Crippen molar-refractivity contribution in [3.63, 3.8) is 0 Å². The fraction of sp³-hybridized carbons (Fsp3) is 0.308. The van der Waals surface area contributed by atoms with Gasteiger partial charge in [-0.3, -0.25) is 4.79 Å². The van der Waals surface area contributed by atoms with Crippen LogP contribution < -0.4 is 5.32 Å². The smallest absolute Gasteiger partial charge is 0.254 e. The number of hydrogen-bond donors (Lipinski definition) is 1. The third-order valence-corrected chi connectivity index (χ3v) is 3.25. The SMILES string of the molecule is O=C(NCCCCn1ccnc1)c1ccc(Cl)nc1Cl. The Hall–Kier alpha value is -1.59. The van der Waals surface area contributed by atoms with E-state index in [1.807, 2.05) is 10.8 Å². The number of halogens is 2. The van der Waals surface area contributed by atoms with Crippen molar-refractivity contribution in [1.82, 2.24) is 19.9 Å². The minimum Gasteiger partial charge on any atom is -0.352 e. The van der Waals surface area contributed by atoms with Gasteiger partial charge in [0.25, 0.3) is 5.91 Å². The van der Waals surface area contributed by atoms with Crippen LogP contribution in [0, 0.1) is 0 Å².